The highest BCUT2D eigenvalue weighted by molar-refractivity contribution is 8.15. The summed E-state index contributed by atoms with van der Waals surface area (Å²) in [6, 6.07) is 4.67. The Kier molecular flexibility index (Phi) is 4.10. The highest BCUT2D eigenvalue weighted by atomic mass is 32.2. The van der Waals surface area contributed by atoms with Gasteiger partial charge in [0, 0.05) is 11.4 Å². The van der Waals surface area contributed by atoms with Gasteiger partial charge in [-0.2, -0.15) is 0 Å². The molecule has 7 nitrogen and oxygen atoms in total. The first-order chi connectivity index (χ1) is 10.6. The van der Waals surface area contributed by atoms with E-state index in [9.17, 15) is 9.59 Å². The zero-order valence-corrected chi connectivity index (χ0v) is 12.9. The number of carbonyl (C=O) groups is 2. The molecule has 0 spiro atoms. The standard InChI is InChI=1S/C13H12N4O3S2/c14-4-10(18)15-6-1-2-7-9(3-6)22-12(16-7)11-17-8(5-21-11)13(19)20/h1-3,8H,4-5,14H2,(H,15,18)(H,19,20)/t8-/m0/s1. The zero-order chi connectivity index (χ0) is 15.7. The van der Waals surface area contributed by atoms with Gasteiger partial charge in [-0.3, -0.25) is 9.79 Å². The number of nitrogens with zero attached hydrogens (tertiary/aromatic N) is 2. The van der Waals surface area contributed by atoms with E-state index in [4.69, 9.17) is 10.8 Å². The molecule has 1 aromatic carbocycles. The van der Waals surface area contributed by atoms with Gasteiger partial charge in [-0.15, -0.1) is 23.1 Å². The van der Waals surface area contributed by atoms with Crippen LogP contribution >= 0.6 is 23.1 Å². The fourth-order valence-electron chi connectivity index (χ4n) is 1.92. The van der Waals surface area contributed by atoms with E-state index in [1.807, 2.05) is 6.07 Å². The molecule has 0 unspecified atom stereocenters. The summed E-state index contributed by atoms with van der Waals surface area (Å²) in [4.78, 5) is 30.9. The summed E-state index contributed by atoms with van der Waals surface area (Å²) in [6.07, 6.45) is 0. The predicted molar refractivity (Wildman–Crippen MR) is 87.7 cm³/mol. The zero-order valence-electron chi connectivity index (χ0n) is 11.3. The Morgan fingerprint density at radius 1 is 1.45 bits per heavy atom. The van der Waals surface area contributed by atoms with Crippen molar-refractivity contribution >= 4 is 55.9 Å². The van der Waals surface area contributed by atoms with Gasteiger partial charge in [-0.25, -0.2) is 9.78 Å². The summed E-state index contributed by atoms with van der Waals surface area (Å²) in [7, 11) is 0. The smallest absolute Gasteiger partial charge is 0.329 e. The molecule has 2 heterocycles. The number of thiazole rings is 1. The maximum atomic E-state index is 11.3. The first-order valence-electron chi connectivity index (χ1n) is 6.41. The summed E-state index contributed by atoms with van der Waals surface area (Å²) in [5, 5.41) is 13.0. The minimum Gasteiger partial charge on any atom is -0.480 e. The van der Waals surface area contributed by atoms with Gasteiger partial charge in [0.2, 0.25) is 5.91 Å². The molecule has 1 aromatic heterocycles. The van der Waals surface area contributed by atoms with Crippen LogP contribution in [0.3, 0.4) is 0 Å². The van der Waals surface area contributed by atoms with E-state index in [1.54, 1.807) is 12.1 Å². The van der Waals surface area contributed by atoms with Crippen LogP contribution in [0.1, 0.15) is 5.01 Å². The number of carboxylic acid groups (broad SMARTS) is 1. The van der Waals surface area contributed by atoms with Crippen molar-refractivity contribution in [1.29, 1.82) is 0 Å². The predicted octanol–water partition coefficient (Wildman–Crippen LogP) is 1.14. The van der Waals surface area contributed by atoms with E-state index >= 15 is 0 Å². The number of carbonyl (C=O) groups excluding carboxylic acids is 1. The minimum atomic E-state index is -0.921. The number of nitrogens with two attached hydrogens (primary N) is 1. The van der Waals surface area contributed by atoms with Gasteiger partial charge in [-0.1, -0.05) is 0 Å². The Balaban J connectivity index is 1.89. The molecule has 1 aliphatic rings. The minimum absolute atomic E-state index is 0.0734. The average molecular weight is 336 g/mol. The first-order valence-corrected chi connectivity index (χ1v) is 8.21. The molecule has 1 atom stereocenters. The van der Waals surface area contributed by atoms with Crippen molar-refractivity contribution in [2.24, 2.45) is 10.7 Å². The molecule has 0 fully saturated rings. The third-order valence-electron chi connectivity index (χ3n) is 2.98. The monoisotopic (exact) mass is 336 g/mol. The maximum Gasteiger partial charge on any atom is 0.329 e. The average Bonchev–Trinajstić information content (AvgIpc) is 3.13. The molecule has 0 radical (unpaired) electrons. The molecule has 114 valence electrons. The Morgan fingerprint density at radius 2 is 2.27 bits per heavy atom. The van der Waals surface area contributed by atoms with Gasteiger partial charge in [0.1, 0.15) is 10.1 Å². The Bertz CT molecular complexity index is 787. The second-order valence-corrected chi connectivity index (χ2v) is 6.59. The van der Waals surface area contributed by atoms with Crippen LogP contribution in [-0.2, 0) is 9.59 Å². The van der Waals surface area contributed by atoms with E-state index < -0.39 is 12.0 Å². The van der Waals surface area contributed by atoms with Crippen LogP contribution in [-0.4, -0.2) is 45.4 Å². The number of aliphatic imine (C=N–C) groups is 1. The van der Waals surface area contributed by atoms with Crippen molar-refractivity contribution in [3.63, 3.8) is 0 Å². The van der Waals surface area contributed by atoms with Crippen LogP contribution in [0.25, 0.3) is 10.2 Å². The number of fused-ring (bicyclic) bond motifs is 1. The molecule has 1 aliphatic heterocycles. The molecular formula is C13H12N4O3S2. The molecule has 0 bridgehead atoms. The van der Waals surface area contributed by atoms with E-state index in [-0.39, 0.29) is 12.5 Å². The molecule has 2 aromatic rings. The molecule has 4 N–H and O–H groups in total. The highest BCUT2D eigenvalue weighted by Crippen LogP contribution is 2.31. The van der Waals surface area contributed by atoms with Crippen molar-refractivity contribution < 1.29 is 14.7 Å². The van der Waals surface area contributed by atoms with E-state index in [0.717, 1.165) is 10.2 Å². The topological polar surface area (TPSA) is 118 Å². The molecule has 1 amide bonds. The van der Waals surface area contributed by atoms with Gasteiger partial charge >= 0.3 is 5.97 Å². The number of aliphatic carboxylic acids is 1. The van der Waals surface area contributed by atoms with E-state index in [0.29, 0.717) is 21.5 Å². The lowest BCUT2D eigenvalue weighted by molar-refractivity contribution is -0.137. The van der Waals surface area contributed by atoms with Crippen LogP contribution in [0.5, 0.6) is 0 Å². The Hall–Kier alpha value is -1.97. The quantitative estimate of drug-likeness (QED) is 0.770. The fourth-order valence-corrected chi connectivity index (χ4v) is 4.03. The van der Waals surface area contributed by atoms with Crippen LogP contribution in [0.15, 0.2) is 23.2 Å². The van der Waals surface area contributed by atoms with Crippen LogP contribution in [0.2, 0.25) is 0 Å². The normalized spacial score (nSPS) is 17.5. The molecule has 0 saturated heterocycles. The number of nitrogens with one attached hydrogen (secondary N) is 1. The summed E-state index contributed by atoms with van der Waals surface area (Å²) in [6.45, 7) is -0.0734. The molecule has 0 saturated carbocycles. The van der Waals surface area contributed by atoms with Crippen molar-refractivity contribution in [2.75, 3.05) is 17.6 Å². The van der Waals surface area contributed by atoms with Gasteiger partial charge in [0.05, 0.1) is 16.8 Å². The molecule has 3 rings (SSSR count). The lowest BCUT2D eigenvalue weighted by atomic mass is 10.3. The molecule has 22 heavy (non-hydrogen) atoms. The van der Waals surface area contributed by atoms with Gasteiger partial charge in [-0.05, 0) is 18.2 Å². The van der Waals surface area contributed by atoms with Crippen molar-refractivity contribution in [3.05, 3.63) is 23.2 Å². The number of benzene rings is 1. The third kappa shape index (κ3) is 2.96. The fraction of sp³-hybridized carbons (Fsp3) is 0.231. The summed E-state index contributed by atoms with van der Waals surface area (Å²) < 4.78 is 0.895. The Morgan fingerprint density at radius 3 is 2.95 bits per heavy atom. The number of amides is 1. The van der Waals surface area contributed by atoms with Gasteiger partial charge in [0.15, 0.2) is 6.04 Å². The number of hydrogen-bond donors (Lipinski definition) is 3. The van der Waals surface area contributed by atoms with Crippen molar-refractivity contribution in [1.82, 2.24) is 4.98 Å². The number of thioether (sulfide) groups is 1. The summed E-state index contributed by atoms with van der Waals surface area (Å²) in [5.41, 5.74) is 6.71. The van der Waals surface area contributed by atoms with Crippen LogP contribution < -0.4 is 11.1 Å². The highest BCUT2D eigenvalue weighted by Gasteiger charge is 2.26. The maximum absolute atomic E-state index is 11.3. The third-order valence-corrected chi connectivity index (χ3v) is 5.19. The number of hydrogen-bond acceptors (Lipinski definition) is 7. The first kappa shape index (κ1) is 14.9. The van der Waals surface area contributed by atoms with Crippen molar-refractivity contribution in [2.45, 2.75) is 6.04 Å². The number of carboxylic acids is 1. The van der Waals surface area contributed by atoms with Gasteiger partial charge in [0.25, 0.3) is 0 Å². The van der Waals surface area contributed by atoms with Crippen molar-refractivity contribution in [3.8, 4) is 0 Å². The summed E-state index contributed by atoms with van der Waals surface area (Å²) >= 11 is 2.82. The second kappa shape index (κ2) is 6.03. The van der Waals surface area contributed by atoms with E-state index in [2.05, 4.69) is 15.3 Å². The molecule has 9 heteroatoms. The van der Waals surface area contributed by atoms with E-state index in [1.165, 1.54) is 23.1 Å². The number of rotatable bonds is 4. The largest absolute Gasteiger partial charge is 0.480 e. The lowest BCUT2D eigenvalue weighted by Gasteiger charge is -2.02. The summed E-state index contributed by atoms with van der Waals surface area (Å²) in [5.74, 6) is -0.752. The second-order valence-electron chi connectivity index (χ2n) is 4.55. The van der Waals surface area contributed by atoms with Gasteiger partial charge < -0.3 is 16.2 Å². The molecule has 0 aliphatic carbocycles. The number of anilines is 1. The number of aromatic nitrogens is 1. The SMILES string of the molecule is NCC(=O)Nc1ccc2nc(C3=N[C@H](C(=O)O)CS3)sc2c1. The Labute approximate surface area is 133 Å². The van der Waals surface area contributed by atoms with Crippen LogP contribution in [0, 0.1) is 0 Å². The molecular weight excluding hydrogens is 324 g/mol. The lowest BCUT2D eigenvalue weighted by Crippen LogP contribution is -2.21. The van der Waals surface area contributed by atoms with Crippen LogP contribution in [0.4, 0.5) is 5.69 Å².